The summed E-state index contributed by atoms with van der Waals surface area (Å²) in [5.41, 5.74) is -1.49. The van der Waals surface area contributed by atoms with Gasteiger partial charge in [0.15, 0.2) is 0 Å². The van der Waals surface area contributed by atoms with Crippen LogP contribution in [0.4, 0.5) is 4.39 Å². The van der Waals surface area contributed by atoms with Crippen molar-refractivity contribution in [2.45, 2.75) is 71.0 Å². The van der Waals surface area contributed by atoms with Crippen LogP contribution in [-0.2, 0) is 32.1 Å². The zero-order chi connectivity index (χ0) is 21.4. The van der Waals surface area contributed by atoms with E-state index in [4.69, 9.17) is 25.6 Å². The Morgan fingerprint density at radius 2 is 2.00 bits per heavy atom. The molecule has 1 N–H and O–H groups in total. The Kier molecular flexibility index (Phi) is 9.65. The molecule has 166 valence electrons. The first-order valence-electron chi connectivity index (χ1n) is 10.0. The molecule has 2 atom stereocenters. The molecule has 0 aliphatic carbocycles. The summed E-state index contributed by atoms with van der Waals surface area (Å²) >= 11 is 5.37. The molecule has 8 nitrogen and oxygen atoms in total. The summed E-state index contributed by atoms with van der Waals surface area (Å²) in [6.45, 7) is 2.20. The van der Waals surface area contributed by atoms with Gasteiger partial charge in [-0.2, -0.15) is 4.39 Å². The van der Waals surface area contributed by atoms with E-state index in [-0.39, 0.29) is 6.54 Å². The zero-order valence-corrected chi connectivity index (χ0v) is 18.6. The van der Waals surface area contributed by atoms with Crippen molar-refractivity contribution < 1.29 is 23.3 Å². The van der Waals surface area contributed by atoms with Crippen molar-refractivity contribution in [3.05, 3.63) is 32.9 Å². The molecule has 1 aromatic rings. The van der Waals surface area contributed by atoms with Crippen molar-refractivity contribution in [1.82, 2.24) is 9.13 Å². The molecule has 1 fully saturated rings. The molecular weight excluding hydrogens is 422 g/mol. The van der Waals surface area contributed by atoms with Crippen LogP contribution in [0.5, 0.6) is 0 Å². The van der Waals surface area contributed by atoms with Crippen LogP contribution in [0, 0.1) is 5.82 Å². The van der Waals surface area contributed by atoms with E-state index < -0.39 is 35.6 Å². The number of rotatable bonds is 12. The number of hydrogen-bond acceptors (Lipinski definition) is 7. The minimum Gasteiger partial charge on any atom is -0.383 e. The van der Waals surface area contributed by atoms with Crippen LogP contribution in [-0.4, -0.2) is 39.9 Å². The maximum Gasteiger partial charge on any atom is 0.333 e. The summed E-state index contributed by atoms with van der Waals surface area (Å²) in [6, 6.07) is 0. The fraction of sp³-hybridized carbons (Fsp3) is 0.778. The summed E-state index contributed by atoms with van der Waals surface area (Å²) in [5.74, 6) is -1.84. The molecule has 1 aromatic heterocycles. The minimum absolute atomic E-state index is 0.101. The molecule has 0 amide bonds. The zero-order valence-electron chi connectivity index (χ0n) is 16.9. The van der Waals surface area contributed by atoms with Crippen LogP contribution in [0.15, 0.2) is 15.8 Å². The van der Waals surface area contributed by atoms with Gasteiger partial charge < -0.3 is 18.9 Å². The van der Waals surface area contributed by atoms with Crippen molar-refractivity contribution in [3.63, 3.8) is 0 Å². The lowest BCUT2D eigenvalue weighted by molar-refractivity contribution is 0.0502. The fourth-order valence-electron chi connectivity index (χ4n) is 3.27. The van der Waals surface area contributed by atoms with Gasteiger partial charge in [0.2, 0.25) is 12.3 Å². The second-order valence-corrected chi connectivity index (χ2v) is 10.5. The molecule has 1 aliphatic heterocycles. The summed E-state index contributed by atoms with van der Waals surface area (Å²) in [6.07, 6.45) is 3.94. The van der Waals surface area contributed by atoms with Gasteiger partial charge in [0.25, 0.3) is 5.56 Å². The van der Waals surface area contributed by atoms with E-state index in [9.17, 15) is 19.1 Å². The van der Waals surface area contributed by atoms with Gasteiger partial charge in [-0.15, -0.1) is 0 Å². The first-order valence-corrected chi connectivity index (χ1v) is 12.7. The summed E-state index contributed by atoms with van der Waals surface area (Å²) in [7, 11) is 0. The Morgan fingerprint density at radius 3 is 2.59 bits per heavy atom. The molecule has 0 aromatic carbocycles. The fourth-order valence-corrected chi connectivity index (χ4v) is 5.86. The second-order valence-electron chi connectivity index (χ2n) is 6.80. The van der Waals surface area contributed by atoms with E-state index in [1.165, 1.54) is 0 Å². The van der Waals surface area contributed by atoms with Crippen LogP contribution >= 0.6 is 6.49 Å². The lowest BCUT2D eigenvalue weighted by Gasteiger charge is -2.26. The van der Waals surface area contributed by atoms with Gasteiger partial charge in [-0.1, -0.05) is 12.8 Å². The standard InChI is InChI=1S/C18H30FN2O6PS/c1-3-26-28(29,27-4-2)16(22)10-6-5-7-11-20-17(23)14(19)13-21(18(20)24)15-9-8-12-25-15/h13,15-16,22H,3-12H2,1-2H3/t15-,16+/m1/s1. The summed E-state index contributed by atoms with van der Waals surface area (Å²) in [5, 5.41) is 10.4. The van der Waals surface area contributed by atoms with E-state index in [1.54, 1.807) is 13.8 Å². The van der Waals surface area contributed by atoms with Crippen LogP contribution < -0.4 is 11.2 Å². The largest absolute Gasteiger partial charge is 0.383 e. The molecule has 0 saturated carbocycles. The van der Waals surface area contributed by atoms with Crippen LogP contribution in [0.3, 0.4) is 0 Å². The van der Waals surface area contributed by atoms with Gasteiger partial charge in [-0.25, -0.2) is 4.79 Å². The molecule has 0 bridgehead atoms. The van der Waals surface area contributed by atoms with E-state index in [2.05, 4.69) is 0 Å². The lowest BCUT2D eigenvalue weighted by Crippen LogP contribution is -2.42. The average molecular weight is 452 g/mol. The first kappa shape index (κ1) is 24.4. The first-order chi connectivity index (χ1) is 13.8. The van der Waals surface area contributed by atoms with Crippen molar-refractivity contribution >= 4 is 18.3 Å². The van der Waals surface area contributed by atoms with E-state index in [0.29, 0.717) is 51.9 Å². The molecule has 1 saturated heterocycles. The third-order valence-corrected chi connectivity index (χ3v) is 8.28. The molecule has 2 heterocycles. The third kappa shape index (κ3) is 6.29. The van der Waals surface area contributed by atoms with Gasteiger partial charge in [0.1, 0.15) is 12.1 Å². The highest BCUT2D eigenvalue weighted by Gasteiger charge is 2.28. The second kappa shape index (κ2) is 11.5. The van der Waals surface area contributed by atoms with Gasteiger partial charge in [-0.3, -0.25) is 13.9 Å². The van der Waals surface area contributed by atoms with Gasteiger partial charge in [0.05, 0.1) is 19.4 Å². The van der Waals surface area contributed by atoms with E-state index >= 15 is 0 Å². The Morgan fingerprint density at radius 1 is 1.31 bits per heavy atom. The number of aliphatic hydroxyl groups excluding tert-OH is 1. The normalized spacial score (nSPS) is 18.3. The van der Waals surface area contributed by atoms with Gasteiger partial charge in [-0.05, 0) is 51.3 Å². The molecule has 0 radical (unpaired) electrons. The predicted octanol–water partition coefficient (Wildman–Crippen LogP) is 2.72. The van der Waals surface area contributed by atoms with Crippen molar-refractivity contribution in [3.8, 4) is 0 Å². The Bertz CT molecular complexity index is 814. The number of nitrogens with zero attached hydrogens (tertiary/aromatic N) is 2. The molecule has 2 rings (SSSR count). The highest BCUT2D eigenvalue weighted by molar-refractivity contribution is 8.10. The molecule has 11 heteroatoms. The van der Waals surface area contributed by atoms with Gasteiger partial charge in [0, 0.05) is 13.2 Å². The quantitative estimate of drug-likeness (QED) is 0.385. The molecular formula is C18H30FN2O6PS. The predicted molar refractivity (Wildman–Crippen MR) is 111 cm³/mol. The van der Waals surface area contributed by atoms with Crippen molar-refractivity contribution in [2.75, 3.05) is 19.8 Å². The molecule has 0 unspecified atom stereocenters. The highest BCUT2D eigenvalue weighted by atomic mass is 32.5. The topological polar surface area (TPSA) is 91.9 Å². The van der Waals surface area contributed by atoms with E-state index in [1.807, 2.05) is 0 Å². The SMILES string of the molecule is CCOP(=S)(OCC)[C@H](O)CCCCCn1c(=O)c(F)cn([C@H]2CCCO2)c1=O. The minimum atomic E-state index is -2.74. The van der Waals surface area contributed by atoms with Crippen LogP contribution in [0.1, 0.15) is 58.6 Å². The molecule has 0 spiro atoms. The monoisotopic (exact) mass is 452 g/mol. The summed E-state index contributed by atoms with van der Waals surface area (Å²) in [4.78, 5) is 24.6. The van der Waals surface area contributed by atoms with Crippen molar-refractivity contribution in [2.24, 2.45) is 0 Å². The Hall–Kier alpha value is -0.900. The Balaban J connectivity index is 1.93. The van der Waals surface area contributed by atoms with Crippen molar-refractivity contribution in [1.29, 1.82) is 0 Å². The van der Waals surface area contributed by atoms with E-state index in [0.717, 1.165) is 21.8 Å². The van der Waals surface area contributed by atoms with Crippen LogP contribution in [0.25, 0.3) is 0 Å². The maximum atomic E-state index is 14.0. The Labute approximate surface area is 174 Å². The lowest BCUT2D eigenvalue weighted by atomic mass is 10.2. The highest BCUT2D eigenvalue weighted by Crippen LogP contribution is 2.53. The number of hydrogen-bond donors (Lipinski definition) is 1. The number of aromatic nitrogens is 2. The smallest absolute Gasteiger partial charge is 0.333 e. The maximum absolute atomic E-state index is 14.0. The van der Waals surface area contributed by atoms with Crippen LogP contribution in [0.2, 0.25) is 0 Å². The van der Waals surface area contributed by atoms with Gasteiger partial charge >= 0.3 is 5.69 Å². The number of ether oxygens (including phenoxy) is 1. The summed E-state index contributed by atoms with van der Waals surface area (Å²) < 4.78 is 32.5. The number of unbranched alkanes of at least 4 members (excludes halogenated alkanes) is 2. The molecule has 1 aliphatic rings. The number of aliphatic hydroxyl groups is 1. The third-order valence-electron chi connectivity index (χ3n) is 4.70. The molecule has 29 heavy (non-hydrogen) atoms. The average Bonchev–Trinajstić information content (AvgIpc) is 3.21. The number of halogens is 1.